The highest BCUT2D eigenvalue weighted by Gasteiger charge is 2.36. The first-order chi connectivity index (χ1) is 9.74. The highest BCUT2D eigenvalue weighted by molar-refractivity contribution is 5.88. The Morgan fingerprint density at radius 1 is 1.20 bits per heavy atom. The van der Waals surface area contributed by atoms with Gasteiger partial charge in [-0.1, -0.05) is 18.2 Å². The van der Waals surface area contributed by atoms with Gasteiger partial charge in [0.25, 0.3) is 0 Å². The molecule has 1 aromatic rings. The summed E-state index contributed by atoms with van der Waals surface area (Å²) in [5.74, 6) is 0.0736. The molecule has 0 spiro atoms. The van der Waals surface area contributed by atoms with Crippen molar-refractivity contribution in [2.75, 3.05) is 31.5 Å². The molecule has 5 heteroatoms. The number of hydrogen-bond donors (Lipinski definition) is 1. The Labute approximate surface area is 118 Å². The first-order valence-electron chi connectivity index (χ1n) is 7.10. The molecule has 0 radical (unpaired) electrons. The summed E-state index contributed by atoms with van der Waals surface area (Å²) in [5.41, 5.74) is 0.920. The lowest BCUT2D eigenvalue weighted by Gasteiger charge is -2.34. The molecule has 1 saturated heterocycles. The van der Waals surface area contributed by atoms with Crippen molar-refractivity contribution in [2.45, 2.75) is 18.9 Å². The van der Waals surface area contributed by atoms with Crippen molar-refractivity contribution >= 4 is 17.5 Å². The minimum absolute atomic E-state index is 0.0161. The Morgan fingerprint density at radius 3 is 2.60 bits per heavy atom. The highest BCUT2D eigenvalue weighted by Crippen LogP contribution is 2.27. The minimum Gasteiger partial charge on any atom is -0.376 e. The topological polar surface area (TPSA) is 52.7 Å². The van der Waals surface area contributed by atoms with E-state index >= 15 is 0 Å². The van der Waals surface area contributed by atoms with Crippen LogP contribution in [-0.2, 0) is 9.59 Å². The summed E-state index contributed by atoms with van der Waals surface area (Å²) in [6.45, 7) is 1.80. The largest absolute Gasteiger partial charge is 0.376 e. The molecule has 0 unspecified atom stereocenters. The fourth-order valence-electron chi connectivity index (χ4n) is 2.52. The summed E-state index contributed by atoms with van der Waals surface area (Å²) in [7, 11) is 0. The van der Waals surface area contributed by atoms with Crippen molar-refractivity contribution in [1.82, 2.24) is 9.80 Å². The van der Waals surface area contributed by atoms with Crippen LogP contribution in [0.1, 0.15) is 12.8 Å². The van der Waals surface area contributed by atoms with E-state index < -0.39 is 0 Å². The van der Waals surface area contributed by atoms with Crippen LogP contribution in [0.3, 0.4) is 0 Å². The van der Waals surface area contributed by atoms with E-state index in [1.54, 1.807) is 4.90 Å². The molecule has 1 N–H and O–H groups in total. The summed E-state index contributed by atoms with van der Waals surface area (Å²) in [4.78, 5) is 27.7. The van der Waals surface area contributed by atoms with Crippen molar-refractivity contribution in [1.29, 1.82) is 0 Å². The number of piperazine rings is 1. The second kappa shape index (κ2) is 5.53. The van der Waals surface area contributed by atoms with E-state index in [0.29, 0.717) is 19.1 Å². The van der Waals surface area contributed by atoms with Crippen LogP contribution >= 0.6 is 0 Å². The number of nitrogens with one attached hydrogen (secondary N) is 1. The van der Waals surface area contributed by atoms with Crippen LogP contribution in [0.25, 0.3) is 0 Å². The summed E-state index contributed by atoms with van der Waals surface area (Å²) in [6.07, 6.45) is 2.24. The van der Waals surface area contributed by atoms with Crippen molar-refractivity contribution in [2.24, 2.45) is 0 Å². The predicted molar refractivity (Wildman–Crippen MR) is 76.2 cm³/mol. The number of hydrogen-bond acceptors (Lipinski definition) is 3. The van der Waals surface area contributed by atoms with Gasteiger partial charge in [-0.25, -0.2) is 0 Å². The number of benzene rings is 1. The van der Waals surface area contributed by atoms with E-state index in [0.717, 1.165) is 18.5 Å². The lowest BCUT2D eigenvalue weighted by Crippen LogP contribution is -2.53. The highest BCUT2D eigenvalue weighted by atomic mass is 16.2. The Balaban J connectivity index is 1.49. The smallest absolute Gasteiger partial charge is 0.242 e. The van der Waals surface area contributed by atoms with Gasteiger partial charge >= 0.3 is 0 Å². The number of anilines is 1. The predicted octanol–water partition coefficient (Wildman–Crippen LogP) is 0.932. The van der Waals surface area contributed by atoms with Crippen molar-refractivity contribution in [3.05, 3.63) is 30.3 Å². The van der Waals surface area contributed by atoms with Gasteiger partial charge < -0.3 is 15.1 Å². The van der Waals surface area contributed by atoms with E-state index in [1.165, 1.54) is 0 Å². The number of carbonyl (C=O) groups is 2. The van der Waals surface area contributed by atoms with Gasteiger partial charge in [0.05, 0.1) is 13.1 Å². The SMILES string of the molecule is O=C(CNc1ccccc1)N1CCN(C2CC2)C(=O)C1. The minimum atomic E-state index is -0.0161. The number of para-hydroxylation sites is 1. The van der Waals surface area contributed by atoms with Crippen molar-refractivity contribution in [3.8, 4) is 0 Å². The number of rotatable bonds is 4. The molecule has 20 heavy (non-hydrogen) atoms. The van der Waals surface area contributed by atoms with E-state index in [1.807, 2.05) is 35.2 Å². The third-order valence-electron chi connectivity index (χ3n) is 3.82. The molecule has 1 aromatic carbocycles. The van der Waals surface area contributed by atoms with Gasteiger partial charge in [-0.3, -0.25) is 9.59 Å². The quantitative estimate of drug-likeness (QED) is 0.888. The third-order valence-corrected chi connectivity index (χ3v) is 3.82. The molecular weight excluding hydrogens is 254 g/mol. The second-order valence-electron chi connectivity index (χ2n) is 5.35. The maximum atomic E-state index is 12.1. The molecular formula is C15H19N3O2. The Bertz CT molecular complexity index is 499. The molecule has 0 aromatic heterocycles. The molecule has 1 saturated carbocycles. The molecule has 0 bridgehead atoms. The summed E-state index contributed by atoms with van der Waals surface area (Å²) < 4.78 is 0. The molecule has 2 fully saturated rings. The van der Waals surface area contributed by atoms with Gasteiger partial charge in [0, 0.05) is 24.8 Å². The fraction of sp³-hybridized carbons (Fsp3) is 0.467. The van der Waals surface area contributed by atoms with Gasteiger partial charge in [0.2, 0.25) is 11.8 Å². The number of nitrogens with zero attached hydrogens (tertiary/aromatic N) is 2. The standard InChI is InChI=1S/C15H19N3O2/c19-14(10-16-12-4-2-1-3-5-12)17-8-9-18(13-6-7-13)15(20)11-17/h1-5,13,16H,6-11H2. The molecule has 3 rings (SSSR count). The van der Waals surface area contributed by atoms with Crippen molar-refractivity contribution in [3.63, 3.8) is 0 Å². The molecule has 5 nitrogen and oxygen atoms in total. The average Bonchev–Trinajstić information content (AvgIpc) is 3.30. The van der Waals surface area contributed by atoms with Crippen LogP contribution in [0.4, 0.5) is 5.69 Å². The number of carbonyl (C=O) groups excluding carboxylic acids is 2. The van der Waals surface area contributed by atoms with E-state index in [4.69, 9.17) is 0 Å². The van der Waals surface area contributed by atoms with Gasteiger partial charge in [-0.2, -0.15) is 0 Å². The van der Waals surface area contributed by atoms with Gasteiger partial charge in [0.15, 0.2) is 0 Å². The van der Waals surface area contributed by atoms with E-state index in [2.05, 4.69) is 5.32 Å². The summed E-state index contributed by atoms with van der Waals surface area (Å²) in [6, 6.07) is 10.1. The molecule has 2 aliphatic rings. The van der Waals surface area contributed by atoms with Crippen molar-refractivity contribution < 1.29 is 9.59 Å². The maximum absolute atomic E-state index is 12.1. The zero-order valence-corrected chi connectivity index (χ0v) is 11.4. The first kappa shape index (κ1) is 13.0. The average molecular weight is 273 g/mol. The van der Waals surface area contributed by atoms with Gasteiger partial charge in [0.1, 0.15) is 0 Å². The summed E-state index contributed by atoms with van der Waals surface area (Å²) in [5, 5.41) is 3.09. The van der Waals surface area contributed by atoms with Crippen LogP contribution in [0.15, 0.2) is 30.3 Å². The molecule has 2 amide bonds. The Kier molecular flexibility index (Phi) is 3.58. The Morgan fingerprint density at radius 2 is 1.95 bits per heavy atom. The maximum Gasteiger partial charge on any atom is 0.242 e. The van der Waals surface area contributed by atoms with Crippen LogP contribution in [0.2, 0.25) is 0 Å². The summed E-state index contributed by atoms with van der Waals surface area (Å²) >= 11 is 0. The van der Waals surface area contributed by atoms with Gasteiger partial charge in [-0.15, -0.1) is 0 Å². The van der Waals surface area contributed by atoms with Crippen LogP contribution in [-0.4, -0.2) is 53.8 Å². The monoisotopic (exact) mass is 273 g/mol. The molecule has 1 heterocycles. The van der Waals surface area contributed by atoms with Gasteiger partial charge in [-0.05, 0) is 25.0 Å². The Hall–Kier alpha value is -2.04. The zero-order chi connectivity index (χ0) is 13.9. The van der Waals surface area contributed by atoms with Crippen LogP contribution in [0.5, 0.6) is 0 Å². The number of amides is 2. The van der Waals surface area contributed by atoms with Crippen LogP contribution < -0.4 is 5.32 Å². The lowest BCUT2D eigenvalue weighted by molar-refractivity contribution is -0.144. The molecule has 106 valence electrons. The molecule has 0 atom stereocenters. The normalized spacial score (nSPS) is 19.1. The van der Waals surface area contributed by atoms with E-state index in [9.17, 15) is 9.59 Å². The fourth-order valence-corrected chi connectivity index (χ4v) is 2.52. The molecule has 1 aliphatic heterocycles. The molecule has 1 aliphatic carbocycles. The first-order valence-corrected chi connectivity index (χ1v) is 7.10. The van der Waals surface area contributed by atoms with E-state index in [-0.39, 0.29) is 24.9 Å². The zero-order valence-electron chi connectivity index (χ0n) is 11.4. The van der Waals surface area contributed by atoms with Crippen LogP contribution in [0, 0.1) is 0 Å². The lowest BCUT2D eigenvalue weighted by atomic mass is 10.2. The third kappa shape index (κ3) is 2.92. The second-order valence-corrected chi connectivity index (χ2v) is 5.35.